The van der Waals surface area contributed by atoms with E-state index in [4.69, 9.17) is 0 Å². The van der Waals surface area contributed by atoms with Gasteiger partial charge in [-0.3, -0.25) is 4.79 Å². The van der Waals surface area contributed by atoms with Gasteiger partial charge in [0.15, 0.2) is 0 Å². The summed E-state index contributed by atoms with van der Waals surface area (Å²) in [5, 5.41) is 3.14. The Labute approximate surface area is 123 Å². The van der Waals surface area contributed by atoms with Crippen LogP contribution in [0.15, 0.2) is 16.7 Å². The molecule has 1 fully saturated rings. The number of hydrogen-bond acceptors (Lipinski definition) is 1. The molecule has 0 spiro atoms. The van der Waals surface area contributed by atoms with Crippen molar-refractivity contribution in [2.24, 2.45) is 5.41 Å². The fourth-order valence-electron chi connectivity index (χ4n) is 3.07. The summed E-state index contributed by atoms with van der Waals surface area (Å²) in [5.74, 6) is 0.0484. The van der Waals surface area contributed by atoms with Crippen LogP contribution in [0.2, 0.25) is 0 Å². The summed E-state index contributed by atoms with van der Waals surface area (Å²) in [6, 6.07) is 1.89. The van der Waals surface area contributed by atoms with Crippen molar-refractivity contribution in [3.8, 4) is 0 Å². The third-order valence-corrected chi connectivity index (χ3v) is 4.91. The first kappa shape index (κ1) is 14.6. The lowest BCUT2D eigenvalue weighted by Gasteiger charge is -2.27. The highest BCUT2D eigenvalue weighted by atomic mass is 79.9. The molecule has 1 aliphatic rings. The van der Waals surface area contributed by atoms with E-state index in [1.807, 2.05) is 23.8 Å². The summed E-state index contributed by atoms with van der Waals surface area (Å²) in [4.78, 5) is 12.3. The first-order valence-electron chi connectivity index (χ1n) is 7.24. The molecule has 1 aliphatic carbocycles. The Bertz CT molecular complexity index is 447. The van der Waals surface area contributed by atoms with E-state index in [-0.39, 0.29) is 5.91 Å². The zero-order valence-corrected chi connectivity index (χ0v) is 13.4. The van der Waals surface area contributed by atoms with Crippen molar-refractivity contribution in [3.63, 3.8) is 0 Å². The highest BCUT2D eigenvalue weighted by molar-refractivity contribution is 9.10. The number of aryl methyl sites for hydroxylation is 1. The molecule has 1 amide bonds. The number of nitrogens with zero attached hydrogens (tertiary/aromatic N) is 1. The molecule has 1 aromatic rings. The maximum absolute atomic E-state index is 12.3. The second-order valence-corrected chi connectivity index (χ2v) is 6.49. The van der Waals surface area contributed by atoms with Crippen molar-refractivity contribution in [1.29, 1.82) is 0 Å². The molecule has 4 heteroatoms. The molecule has 1 aromatic heterocycles. The Morgan fingerprint density at radius 2 is 2.11 bits per heavy atom. The number of carbonyl (C=O) groups is 1. The van der Waals surface area contributed by atoms with Crippen molar-refractivity contribution < 1.29 is 4.79 Å². The van der Waals surface area contributed by atoms with Gasteiger partial charge in [-0.2, -0.15) is 0 Å². The van der Waals surface area contributed by atoms with Crippen LogP contribution in [0.25, 0.3) is 0 Å². The predicted molar refractivity (Wildman–Crippen MR) is 81.3 cm³/mol. The van der Waals surface area contributed by atoms with Crippen molar-refractivity contribution in [1.82, 2.24) is 9.88 Å². The SMILES string of the molecule is CCn1cc(Br)cc1C(=O)NCC1(CC)CCCC1. The topological polar surface area (TPSA) is 34.0 Å². The van der Waals surface area contributed by atoms with Crippen molar-refractivity contribution in [3.05, 3.63) is 22.4 Å². The summed E-state index contributed by atoms with van der Waals surface area (Å²) in [6.45, 7) is 5.92. The molecule has 0 atom stereocenters. The van der Waals surface area contributed by atoms with Crippen LogP contribution in [0.5, 0.6) is 0 Å². The summed E-state index contributed by atoms with van der Waals surface area (Å²) in [5.41, 5.74) is 1.09. The first-order chi connectivity index (χ1) is 9.10. The van der Waals surface area contributed by atoms with E-state index in [9.17, 15) is 4.79 Å². The van der Waals surface area contributed by atoms with Crippen molar-refractivity contribution >= 4 is 21.8 Å². The standard InChI is InChI=1S/C15H23BrN2O/c1-3-15(7-5-6-8-15)11-17-14(19)13-9-12(16)10-18(13)4-2/h9-10H,3-8,11H2,1-2H3,(H,17,19). The van der Waals surface area contributed by atoms with E-state index in [0.29, 0.717) is 5.41 Å². The Hall–Kier alpha value is -0.770. The number of hydrogen-bond donors (Lipinski definition) is 1. The lowest BCUT2D eigenvalue weighted by Crippen LogP contribution is -2.36. The monoisotopic (exact) mass is 326 g/mol. The second kappa shape index (κ2) is 6.12. The maximum atomic E-state index is 12.3. The summed E-state index contributed by atoms with van der Waals surface area (Å²) >= 11 is 3.43. The zero-order valence-electron chi connectivity index (χ0n) is 11.8. The van der Waals surface area contributed by atoms with Gasteiger partial charge in [-0.1, -0.05) is 19.8 Å². The number of rotatable bonds is 5. The normalized spacial score (nSPS) is 17.6. The first-order valence-corrected chi connectivity index (χ1v) is 8.03. The third kappa shape index (κ3) is 3.22. The van der Waals surface area contributed by atoms with Gasteiger partial charge in [0, 0.05) is 23.8 Å². The van der Waals surface area contributed by atoms with E-state index in [2.05, 4.69) is 28.2 Å². The van der Waals surface area contributed by atoms with Crippen molar-refractivity contribution in [2.75, 3.05) is 6.54 Å². The molecule has 0 bridgehead atoms. The van der Waals surface area contributed by atoms with Gasteiger partial charge in [-0.15, -0.1) is 0 Å². The third-order valence-electron chi connectivity index (χ3n) is 4.47. The predicted octanol–water partition coefficient (Wildman–Crippen LogP) is 3.97. The fraction of sp³-hybridized carbons (Fsp3) is 0.667. The number of nitrogens with one attached hydrogen (secondary N) is 1. The smallest absolute Gasteiger partial charge is 0.267 e. The molecule has 1 saturated carbocycles. The Kier molecular flexibility index (Phi) is 4.71. The van der Waals surface area contributed by atoms with Crippen LogP contribution in [-0.2, 0) is 6.54 Å². The molecule has 0 aromatic carbocycles. The molecule has 3 nitrogen and oxygen atoms in total. The van der Waals surface area contributed by atoms with E-state index < -0.39 is 0 Å². The van der Waals surface area contributed by atoms with Gasteiger partial charge in [0.2, 0.25) is 0 Å². The largest absolute Gasteiger partial charge is 0.350 e. The minimum atomic E-state index is 0.0484. The molecule has 1 N–H and O–H groups in total. The number of aromatic nitrogens is 1. The quantitative estimate of drug-likeness (QED) is 0.872. The maximum Gasteiger partial charge on any atom is 0.267 e. The highest BCUT2D eigenvalue weighted by Crippen LogP contribution is 2.40. The summed E-state index contributed by atoms with van der Waals surface area (Å²) in [7, 11) is 0. The van der Waals surface area contributed by atoms with Crippen LogP contribution in [0.1, 0.15) is 56.4 Å². The Morgan fingerprint density at radius 1 is 1.42 bits per heavy atom. The lowest BCUT2D eigenvalue weighted by atomic mass is 9.83. The van der Waals surface area contributed by atoms with Crippen LogP contribution in [0, 0.1) is 5.41 Å². The molecule has 1 heterocycles. The Balaban J connectivity index is 2.01. The fourth-order valence-corrected chi connectivity index (χ4v) is 3.53. The van der Waals surface area contributed by atoms with Gasteiger partial charge in [-0.05, 0) is 53.6 Å². The van der Waals surface area contributed by atoms with Gasteiger partial charge >= 0.3 is 0 Å². The summed E-state index contributed by atoms with van der Waals surface area (Å²) in [6.07, 6.45) is 8.23. The van der Waals surface area contributed by atoms with E-state index in [0.717, 1.165) is 29.7 Å². The van der Waals surface area contributed by atoms with Crippen LogP contribution in [0.4, 0.5) is 0 Å². The van der Waals surface area contributed by atoms with Gasteiger partial charge < -0.3 is 9.88 Å². The molecule has 0 aliphatic heterocycles. The van der Waals surface area contributed by atoms with Crippen molar-refractivity contribution in [2.45, 2.75) is 52.5 Å². The molecule has 0 radical (unpaired) electrons. The zero-order chi connectivity index (χ0) is 13.9. The van der Waals surface area contributed by atoms with E-state index >= 15 is 0 Å². The van der Waals surface area contributed by atoms with Gasteiger partial charge in [0.1, 0.15) is 5.69 Å². The number of carbonyl (C=O) groups excluding carboxylic acids is 1. The minimum Gasteiger partial charge on any atom is -0.350 e. The van der Waals surface area contributed by atoms with Gasteiger partial charge in [0.25, 0.3) is 5.91 Å². The van der Waals surface area contributed by atoms with Gasteiger partial charge in [-0.25, -0.2) is 0 Å². The molecule has 19 heavy (non-hydrogen) atoms. The molecule has 106 valence electrons. The highest BCUT2D eigenvalue weighted by Gasteiger charge is 2.32. The van der Waals surface area contributed by atoms with E-state index in [1.165, 1.54) is 25.7 Å². The molecule has 0 unspecified atom stereocenters. The Morgan fingerprint density at radius 3 is 2.68 bits per heavy atom. The molecule has 0 saturated heterocycles. The van der Waals surface area contributed by atoms with Crippen LogP contribution in [0.3, 0.4) is 0 Å². The van der Waals surface area contributed by atoms with E-state index in [1.54, 1.807) is 0 Å². The number of amides is 1. The second-order valence-electron chi connectivity index (χ2n) is 5.57. The molecular formula is C15H23BrN2O. The van der Waals surface area contributed by atoms with Crippen LogP contribution < -0.4 is 5.32 Å². The molecule has 2 rings (SSSR count). The van der Waals surface area contributed by atoms with Gasteiger partial charge in [0.05, 0.1) is 0 Å². The van der Waals surface area contributed by atoms with Crippen LogP contribution >= 0.6 is 15.9 Å². The average Bonchev–Trinajstić information content (AvgIpc) is 3.03. The average molecular weight is 327 g/mol. The molecular weight excluding hydrogens is 304 g/mol. The number of halogens is 1. The minimum absolute atomic E-state index is 0.0484. The lowest BCUT2D eigenvalue weighted by molar-refractivity contribution is 0.0919. The van der Waals surface area contributed by atoms with Crippen LogP contribution in [-0.4, -0.2) is 17.0 Å². The summed E-state index contributed by atoms with van der Waals surface area (Å²) < 4.78 is 2.94.